The Balaban J connectivity index is 1.57. The van der Waals surface area contributed by atoms with E-state index in [1.165, 1.54) is 6.26 Å². The van der Waals surface area contributed by atoms with Crippen molar-refractivity contribution >= 4 is 10.0 Å². The summed E-state index contributed by atoms with van der Waals surface area (Å²) in [6.45, 7) is 2.34. The van der Waals surface area contributed by atoms with E-state index >= 15 is 0 Å². The van der Waals surface area contributed by atoms with E-state index in [1.807, 2.05) is 24.3 Å². The zero-order valence-corrected chi connectivity index (χ0v) is 16.9. The van der Waals surface area contributed by atoms with Crippen LogP contribution in [-0.4, -0.2) is 45.0 Å². The molecule has 1 fully saturated rings. The second kappa shape index (κ2) is 8.90. The highest BCUT2D eigenvalue weighted by atomic mass is 32.2. The first-order chi connectivity index (χ1) is 12.9. The lowest BCUT2D eigenvalue weighted by atomic mass is 9.71. The molecular formula is C20H32N2O4S. The SMILES string of the molecule is CS(=O)(=O)NCCCCCCC1C(O)c2ccccc2OC12CCNCC2. The molecule has 2 heterocycles. The predicted octanol–water partition coefficient (Wildman–Crippen LogP) is 2.35. The molecule has 3 N–H and O–H groups in total. The van der Waals surface area contributed by atoms with E-state index in [2.05, 4.69) is 10.0 Å². The van der Waals surface area contributed by atoms with Gasteiger partial charge in [-0.15, -0.1) is 0 Å². The van der Waals surface area contributed by atoms with E-state index in [0.29, 0.717) is 6.54 Å². The largest absolute Gasteiger partial charge is 0.486 e. The number of para-hydroxylation sites is 1. The maximum atomic E-state index is 11.1. The van der Waals surface area contributed by atoms with Crippen molar-refractivity contribution in [3.05, 3.63) is 29.8 Å². The average Bonchev–Trinajstić information content (AvgIpc) is 2.63. The first kappa shape index (κ1) is 20.6. The molecular weight excluding hydrogens is 364 g/mol. The second-order valence-corrected chi connectivity index (χ2v) is 9.71. The van der Waals surface area contributed by atoms with Gasteiger partial charge in [0.1, 0.15) is 11.4 Å². The van der Waals surface area contributed by atoms with E-state index in [-0.39, 0.29) is 11.5 Å². The molecule has 0 saturated carbocycles. The Kier molecular flexibility index (Phi) is 6.78. The number of hydrogen-bond acceptors (Lipinski definition) is 5. The van der Waals surface area contributed by atoms with Crippen LogP contribution in [0.1, 0.15) is 56.6 Å². The number of hydrogen-bond donors (Lipinski definition) is 3. The summed E-state index contributed by atoms with van der Waals surface area (Å²) < 4.78 is 31.2. The Morgan fingerprint density at radius 1 is 1.19 bits per heavy atom. The van der Waals surface area contributed by atoms with Gasteiger partial charge in [0.05, 0.1) is 12.4 Å². The second-order valence-electron chi connectivity index (χ2n) is 7.88. The van der Waals surface area contributed by atoms with Gasteiger partial charge >= 0.3 is 0 Å². The quantitative estimate of drug-likeness (QED) is 0.587. The molecule has 6 nitrogen and oxygen atoms in total. The Hall–Kier alpha value is -1.15. The first-order valence-electron chi connectivity index (χ1n) is 10.0. The normalized spacial score (nSPS) is 24.4. The smallest absolute Gasteiger partial charge is 0.208 e. The molecule has 1 aromatic carbocycles. The molecule has 2 unspecified atom stereocenters. The van der Waals surface area contributed by atoms with E-state index in [4.69, 9.17) is 4.74 Å². The third-order valence-corrected chi connectivity index (χ3v) is 6.59. The fraction of sp³-hybridized carbons (Fsp3) is 0.700. The van der Waals surface area contributed by atoms with Crippen molar-refractivity contribution in [3.8, 4) is 5.75 Å². The first-order valence-corrected chi connectivity index (χ1v) is 11.9. The number of benzene rings is 1. The van der Waals surface area contributed by atoms with Crippen LogP contribution in [-0.2, 0) is 10.0 Å². The molecule has 0 bridgehead atoms. The van der Waals surface area contributed by atoms with Gasteiger partial charge in [-0.1, -0.05) is 37.5 Å². The average molecular weight is 397 g/mol. The third kappa shape index (κ3) is 5.22. The van der Waals surface area contributed by atoms with Crippen LogP contribution in [0.2, 0.25) is 0 Å². The Morgan fingerprint density at radius 2 is 1.89 bits per heavy atom. The molecule has 7 heteroatoms. The highest BCUT2D eigenvalue weighted by Crippen LogP contribution is 2.49. The number of fused-ring (bicyclic) bond motifs is 1. The van der Waals surface area contributed by atoms with Crippen LogP contribution >= 0.6 is 0 Å². The summed E-state index contributed by atoms with van der Waals surface area (Å²) in [7, 11) is -3.09. The van der Waals surface area contributed by atoms with Crippen molar-refractivity contribution in [2.75, 3.05) is 25.9 Å². The molecule has 2 atom stereocenters. The molecule has 0 amide bonds. The van der Waals surface area contributed by atoms with Crippen LogP contribution in [0, 0.1) is 5.92 Å². The summed E-state index contributed by atoms with van der Waals surface area (Å²) in [5.74, 6) is 0.929. The maximum absolute atomic E-state index is 11.1. The van der Waals surface area contributed by atoms with Crippen LogP contribution < -0.4 is 14.8 Å². The fourth-order valence-electron chi connectivity index (χ4n) is 4.46. The van der Waals surface area contributed by atoms with Crippen LogP contribution in [0.4, 0.5) is 0 Å². The van der Waals surface area contributed by atoms with E-state index < -0.39 is 16.1 Å². The van der Waals surface area contributed by atoms with Gasteiger partial charge in [-0.3, -0.25) is 0 Å². The van der Waals surface area contributed by atoms with Crippen molar-refractivity contribution in [2.24, 2.45) is 5.92 Å². The number of piperidine rings is 1. The number of nitrogens with one attached hydrogen (secondary N) is 2. The van der Waals surface area contributed by atoms with E-state index in [0.717, 1.165) is 69.3 Å². The van der Waals surface area contributed by atoms with Gasteiger partial charge in [0, 0.05) is 18.0 Å². The lowest BCUT2D eigenvalue weighted by molar-refractivity contribution is -0.0960. The molecule has 1 aromatic rings. The maximum Gasteiger partial charge on any atom is 0.208 e. The van der Waals surface area contributed by atoms with Gasteiger partial charge in [-0.2, -0.15) is 0 Å². The lowest BCUT2D eigenvalue weighted by Crippen LogP contribution is -2.55. The summed E-state index contributed by atoms with van der Waals surface area (Å²) in [5, 5.41) is 14.5. The number of ether oxygens (including phenoxy) is 1. The molecule has 1 saturated heterocycles. The molecule has 0 aliphatic carbocycles. The molecule has 3 rings (SSSR count). The standard InChI is InChI=1S/C20H32N2O4S/c1-27(24,25)22-13-7-3-2-4-9-17-19(23)16-8-5-6-10-18(16)26-20(17)11-14-21-15-12-20/h5-6,8,10,17,19,21-23H,2-4,7,9,11-15H2,1H3. The van der Waals surface area contributed by atoms with Gasteiger partial charge in [-0.05, 0) is 44.8 Å². The Morgan fingerprint density at radius 3 is 2.63 bits per heavy atom. The summed E-state index contributed by atoms with van der Waals surface area (Å²) in [4.78, 5) is 0. The van der Waals surface area contributed by atoms with Crippen molar-refractivity contribution in [1.29, 1.82) is 0 Å². The molecule has 0 aromatic heterocycles. The summed E-state index contributed by atoms with van der Waals surface area (Å²) in [5.41, 5.74) is 0.626. The zero-order chi connectivity index (χ0) is 19.3. The zero-order valence-electron chi connectivity index (χ0n) is 16.1. The van der Waals surface area contributed by atoms with Gasteiger partial charge in [-0.25, -0.2) is 13.1 Å². The monoisotopic (exact) mass is 396 g/mol. The van der Waals surface area contributed by atoms with Crippen LogP contribution in [0.25, 0.3) is 0 Å². The summed E-state index contributed by atoms with van der Waals surface area (Å²) in [6, 6.07) is 7.86. The highest BCUT2D eigenvalue weighted by molar-refractivity contribution is 7.88. The topological polar surface area (TPSA) is 87.7 Å². The lowest BCUT2D eigenvalue weighted by Gasteiger charge is -2.49. The predicted molar refractivity (Wildman–Crippen MR) is 106 cm³/mol. The van der Waals surface area contributed by atoms with E-state index in [1.54, 1.807) is 0 Å². The minimum Gasteiger partial charge on any atom is -0.486 e. The number of sulfonamides is 1. The minimum absolute atomic E-state index is 0.101. The number of rotatable bonds is 8. The molecule has 2 aliphatic rings. The van der Waals surface area contributed by atoms with E-state index in [9.17, 15) is 13.5 Å². The van der Waals surface area contributed by atoms with Gasteiger partial charge in [0.2, 0.25) is 10.0 Å². The van der Waals surface area contributed by atoms with Crippen LogP contribution in [0.15, 0.2) is 24.3 Å². The number of aliphatic hydroxyl groups excluding tert-OH is 1. The molecule has 152 valence electrons. The number of unbranched alkanes of at least 4 members (excludes halogenated alkanes) is 3. The van der Waals surface area contributed by atoms with Gasteiger partial charge < -0.3 is 15.2 Å². The number of aliphatic hydroxyl groups is 1. The molecule has 2 aliphatic heterocycles. The fourth-order valence-corrected chi connectivity index (χ4v) is 4.98. The van der Waals surface area contributed by atoms with Crippen molar-refractivity contribution in [2.45, 2.75) is 56.7 Å². The van der Waals surface area contributed by atoms with Gasteiger partial charge in [0.25, 0.3) is 0 Å². The minimum atomic E-state index is -3.09. The molecule has 27 heavy (non-hydrogen) atoms. The van der Waals surface area contributed by atoms with Crippen LogP contribution in [0.5, 0.6) is 5.75 Å². The Labute approximate surface area is 162 Å². The molecule has 0 radical (unpaired) electrons. The Bertz CT molecular complexity index is 716. The summed E-state index contributed by atoms with van der Waals surface area (Å²) in [6.07, 6.45) is 7.34. The summed E-state index contributed by atoms with van der Waals surface area (Å²) >= 11 is 0. The van der Waals surface area contributed by atoms with Crippen molar-refractivity contribution in [3.63, 3.8) is 0 Å². The third-order valence-electron chi connectivity index (χ3n) is 5.86. The van der Waals surface area contributed by atoms with Crippen molar-refractivity contribution in [1.82, 2.24) is 10.0 Å². The molecule has 1 spiro atoms. The van der Waals surface area contributed by atoms with Gasteiger partial charge in [0.15, 0.2) is 0 Å². The highest BCUT2D eigenvalue weighted by Gasteiger charge is 2.49. The van der Waals surface area contributed by atoms with Crippen molar-refractivity contribution < 1.29 is 18.3 Å². The van der Waals surface area contributed by atoms with Crippen LogP contribution in [0.3, 0.4) is 0 Å².